The number of nitro groups is 1. The van der Waals surface area contributed by atoms with Gasteiger partial charge in [-0.15, -0.1) is 0 Å². The van der Waals surface area contributed by atoms with Gasteiger partial charge in [0.25, 0.3) is 11.6 Å². The molecule has 0 aliphatic rings. The Balaban J connectivity index is 2.74. The van der Waals surface area contributed by atoms with E-state index in [0.29, 0.717) is 6.54 Å². The van der Waals surface area contributed by atoms with Crippen LogP contribution in [0.25, 0.3) is 0 Å². The third kappa shape index (κ3) is 4.23. The lowest BCUT2D eigenvalue weighted by atomic mass is 10.1. The number of rotatable bonds is 6. The normalized spacial score (nSPS) is 9.85. The van der Waals surface area contributed by atoms with Crippen molar-refractivity contribution in [3.05, 3.63) is 33.9 Å². The van der Waals surface area contributed by atoms with Gasteiger partial charge >= 0.3 is 0 Å². The van der Waals surface area contributed by atoms with Gasteiger partial charge in [0.15, 0.2) is 0 Å². The summed E-state index contributed by atoms with van der Waals surface area (Å²) >= 11 is 0. The molecule has 0 aliphatic carbocycles. The van der Waals surface area contributed by atoms with E-state index in [9.17, 15) is 24.8 Å². The molecule has 0 unspecified atom stereocenters. The van der Waals surface area contributed by atoms with Crippen molar-refractivity contribution in [1.82, 2.24) is 10.6 Å². The highest BCUT2D eigenvalue weighted by molar-refractivity contribution is 6.00. The van der Waals surface area contributed by atoms with Gasteiger partial charge in [0.1, 0.15) is 11.3 Å². The highest BCUT2D eigenvalue weighted by atomic mass is 16.6. The third-order valence-corrected chi connectivity index (χ3v) is 2.40. The third-order valence-electron chi connectivity index (χ3n) is 2.40. The average Bonchev–Trinajstić information content (AvgIpc) is 2.41. The second-order valence-corrected chi connectivity index (χ2v) is 3.99. The van der Waals surface area contributed by atoms with Gasteiger partial charge in [-0.2, -0.15) is 0 Å². The lowest BCUT2D eigenvalue weighted by Crippen LogP contribution is -2.37. The van der Waals surface area contributed by atoms with Crippen LogP contribution in [0.3, 0.4) is 0 Å². The maximum Gasteiger partial charge on any atom is 0.282 e. The van der Waals surface area contributed by atoms with E-state index in [1.54, 1.807) is 0 Å². The van der Waals surface area contributed by atoms with Crippen LogP contribution in [0.4, 0.5) is 5.69 Å². The van der Waals surface area contributed by atoms with Gasteiger partial charge in [0.2, 0.25) is 5.91 Å². The fourth-order valence-electron chi connectivity index (χ4n) is 1.45. The molecule has 0 radical (unpaired) electrons. The number of nitro benzene ring substituents is 1. The summed E-state index contributed by atoms with van der Waals surface area (Å²) in [4.78, 5) is 33.2. The Hall–Kier alpha value is -2.64. The molecular formula is C12H15N3O5. The molecule has 0 aliphatic heterocycles. The Kier molecular flexibility index (Phi) is 5.45. The van der Waals surface area contributed by atoms with Crippen LogP contribution in [-0.4, -0.2) is 34.9 Å². The molecule has 0 bridgehead atoms. The summed E-state index contributed by atoms with van der Waals surface area (Å²) in [7, 11) is 0. The molecule has 0 aromatic heterocycles. The summed E-state index contributed by atoms with van der Waals surface area (Å²) in [5.41, 5.74) is -0.729. The van der Waals surface area contributed by atoms with Crippen molar-refractivity contribution in [2.24, 2.45) is 0 Å². The second kappa shape index (κ2) is 7.07. The topological polar surface area (TPSA) is 122 Å². The number of nitrogens with one attached hydrogen (secondary N) is 2. The predicted octanol–water partition coefficient (Wildman–Crippen LogP) is 0.556. The fourth-order valence-corrected chi connectivity index (χ4v) is 1.45. The molecule has 0 saturated heterocycles. The quantitative estimate of drug-likeness (QED) is 0.519. The number of carbonyl (C=O) groups excluding carboxylic acids is 2. The first-order valence-corrected chi connectivity index (χ1v) is 5.98. The number of phenols is 1. The molecule has 0 spiro atoms. The smallest absolute Gasteiger partial charge is 0.282 e. The average molecular weight is 281 g/mol. The molecule has 0 heterocycles. The zero-order valence-corrected chi connectivity index (χ0v) is 10.9. The van der Waals surface area contributed by atoms with Crippen molar-refractivity contribution in [3.8, 4) is 5.75 Å². The number of carbonyl (C=O) groups is 2. The van der Waals surface area contributed by atoms with Gasteiger partial charge in [-0.3, -0.25) is 19.7 Å². The summed E-state index contributed by atoms with van der Waals surface area (Å²) in [5, 5.41) is 24.9. The number of phenolic OH excluding ortho intramolecular Hbond substituents is 1. The first-order valence-electron chi connectivity index (χ1n) is 5.98. The van der Waals surface area contributed by atoms with Gasteiger partial charge in [-0.1, -0.05) is 6.92 Å². The Morgan fingerprint density at radius 1 is 1.35 bits per heavy atom. The van der Waals surface area contributed by atoms with Crippen LogP contribution in [0.5, 0.6) is 5.75 Å². The molecule has 1 aromatic carbocycles. The fraction of sp³-hybridized carbons (Fsp3) is 0.333. The minimum Gasteiger partial charge on any atom is -0.508 e. The van der Waals surface area contributed by atoms with Gasteiger partial charge < -0.3 is 15.7 Å². The van der Waals surface area contributed by atoms with Gasteiger partial charge in [0, 0.05) is 12.6 Å². The van der Waals surface area contributed by atoms with Crippen LogP contribution in [0, 0.1) is 10.1 Å². The number of amides is 2. The van der Waals surface area contributed by atoms with Crippen LogP contribution in [0.1, 0.15) is 23.7 Å². The van der Waals surface area contributed by atoms with E-state index in [-0.39, 0.29) is 23.8 Å². The minimum absolute atomic E-state index is 0.267. The largest absolute Gasteiger partial charge is 0.508 e. The van der Waals surface area contributed by atoms with Crippen LogP contribution in [0.15, 0.2) is 18.2 Å². The predicted molar refractivity (Wildman–Crippen MR) is 70.4 cm³/mol. The maximum atomic E-state index is 11.8. The number of aromatic hydroxyl groups is 1. The van der Waals surface area contributed by atoms with Gasteiger partial charge in [-0.25, -0.2) is 0 Å². The van der Waals surface area contributed by atoms with Crippen molar-refractivity contribution < 1.29 is 19.6 Å². The van der Waals surface area contributed by atoms with Crippen LogP contribution < -0.4 is 10.6 Å². The molecule has 2 amide bonds. The minimum atomic E-state index is -0.792. The summed E-state index contributed by atoms with van der Waals surface area (Å²) in [6.45, 7) is 2.08. The van der Waals surface area contributed by atoms with E-state index in [0.717, 1.165) is 24.6 Å². The van der Waals surface area contributed by atoms with Crippen molar-refractivity contribution in [2.45, 2.75) is 13.3 Å². The molecule has 0 atom stereocenters. The molecule has 0 fully saturated rings. The van der Waals surface area contributed by atoms with Gasteiger partial charge in [-0.05, 0) is 18.6 Å². The molecule has 3 N–H and O–H groups in total. The summed E-state index contributed by atoms with van der Waals surface area (Å²) < 4.78 is 0. The standard InChI is InChI=1S/C12H15N3O5/c1-2-5-13-11(17)7-14-12(18)9-6-8(16)3-4-10(9)15(19)20/h3-4,6,16H,2,5,7H2,1H3,(H,13,17)(H,14,18). The zero-order chi connectivity index (χ0) is 15.1. The van der Waals surface area contributed by atoms with E-state index < -0.39 is 16.5 Å². The molecule has 0 saturated carbocycles. The summed E-state index contributed by atoms with van der Waals surface area (Å²) in [6.07, 6.45) is 0.762. The van der Waals surface area contributed by atoms with Crippen LogP contribution in [0.2, 0.25) is 0 Å². The van der Waals surface area contributed by atoms with E-state index in [4.69, 9.17) is 0 Å². The van der Waals surface area contributed by atoms with E-state index in [2.05, 4.69) is 10.6 Å². The van der Waals surface area contributed by atoms with Crippen molar-refractivity contribution in [3.63, 3.8) is 0 Å². The van der Waals surface area contributed by atoms with E-state index >= 15 is 0 Å². The molecular weight excluding hydrogens is 266 g/mol. The number of hydrogen-bond acceptors (Lipinski definition) is 5. The maximum absolute atomic E-state index is 11.8. The van der Waals surface area contributed by atoms with Crippen LogP contribution >= 0.6 is 0 Å². The molecule has 20 heavy (non-hydrogen) atoms. The highest BCUT2D eigenvalue weighted by Gasteiger charge is 2.20. The lowest BCUT2D eigenvalue weighted by Gasteiger charge is -2.06. The Morgan fingerprint density at radius 2 is 2.05 bits per heavy atom. The Bertz CT molecular complexity index is 530. The first-order chi connectivity index (χ1) is 9.45. The van der Waals surface area contributed by atoms with Crippen molar-refractivity contribution in [1.29, 1.82) is 0 Å². The molecule has 8 heteroatoms. The summed E-state index contributed by atoms with van der Waals surface area (Å²) in [5.74, 6) is -1.45. The molecule has 1 rings (SSSR count). The van der Waals surface area contributed by atoms with Gasteiger partial charge in [0.05, 0.1) is 11.5 Å². The molecule has 1 aromatic rings. The lowest BCUT2D eigenvalue weighted by molar-refractivity contribution is -0.385. The van der Waals surface area contributed by atoms with E-state index in [1.807, 2.05) is 6.92 Å². The highest BCUT2D eigenvalue weighted by Crippen LogP contribution is 2.22. The summed E-state index contributed by atoms with van der Waals surface area (Å²) in [6, 6.07) is 3.13. The van der Waals surface area contributed by atoms with Crippen molar-refractivity contribution in [2.75, 3.05) is 13.1 Å². The molecule has 8 nitrogen and oxygen atoms in total. The number of hydrogen-bond donors (Lipinski definition) is 3. The second-order valence-electron chi connectivity index (χ2n) is 3.99. The first kappa shape index (κ1) is 15.4. The zero-order valence-electron chi connectivity index (χ0n) is 10.9. The monoisotopic (exact) mass is 281 g/mol. The Labute approximate surface area is 114 Å². The number of benzene rings is 1. The van der Waals surface area contributed by atoms with E-state index in [1.165, 1.54) is 0 Å². The molecule has 108 valence electrons. The number of nitrogens with zero attached hydrogens (tertiary/aromatic N) is 1. The van der Waals surface area contributed by atoms with Crippen LogP contribution in [-0.2, 0) is 4.79 Å². The Morgan fingerprint density at radius 3 is 2.65 bits per heavy atom. The SMILES string of the molecule is CCCNC(=O)CNC(=O)c1cc(O)ccc1[N+](=O)[O-]. The van der Waals surface area contributed by atoms with Crippen molar-refractivity contribution >= 4 is 17.5 Å².